The van der Waals surface area contributed by atoms with Crippen molar-refractivity contribution in [3.05, 3.63) is 114 Å². The van der Waals surface area contributed by atoms with Crippen LogP contribution < -0.4 is 27.0 Å². The number of amides is 5. The number of alkyl carbamates (subject to hydrolysis) is 1. The van der Waals surface area contributed by atoms with Crippen molar-refractivity contribution in [3.63, 3.8) is 0 Å². The fourth-order valence-electron chi connectivity index (χ4n) is 4.65. The van der Waals surface area contributed by atoms with E-state index in [1.807, 2.05) is 80.6 Å². The molecule has 0 fully saturated rings. The molecule has 6 N–H and O–H groups in total. The Hall–Kier alpha value is -5.45. The minimum absolute atomic E-state index is 0.0330. The zero-order valence-electron chi connectivity index (χ0n) is 26.7. The number of carbonyl (C=O) groups excluding carboxylic acids is 5. The molecule has 0 aromatic heterocycles. The number of carbonyl (C=O) groups is 5. The normalized spacial score (nSPS) is 12.8. The number of hydrogen-bond donors (Lipinski definition) is 5. The van der Waals surface area contributed by atoms with Crippen LogP contribution in [-0.2, 0) is 36.9 Å². The second-order valence-corrected chi connectivity index (χ2v) is 11.5. The molecule has 3 atom stereocenters. The molecular formula is C36H43N5O6. The van der Waals surface area contributed by atoms with Gasteiger partial charge >= 0.3 is 6.09 Å². The van der Waals surface area contributed by atoms with Gasteiger partial charge in [0.25, 0.3) is 0 Å². The predicted molar refractivity (Wildman–Crippen MR) is 180 cm³/mol. The lowest BCUT2D eigenvalue weighted by Gasteiger charge is -2.25. The van der Waals surface area contributed by atoms with E-state index >= 15 is 0 Å². The van der Waals surface area contributed by atoms with Crippen LogP contribution in [0.2, 0.25) is 0 Å². The van der Waals surface area contributed by atoms with Crippen molar-refractivity contribution in [2.45, 2.75) is 64.3 Å². The van der Waals surface area contributed by atoms with Crippen molar-refractivity contribution < 1.29 is 28.7 Å². The Balaban J connectivity index is 1.74. The molecule has 11 heteroatoms. The van der Waals surface area contributed by atoms with Crippen molar-refractivity contribution in [3.8, 4) is 0 Å². The number of hydrogen-bond acceptors (Lipinski definition) is 6. The van der Waals surface area contributed by atoms with Gasteiger partial charge in [0.2, 0.25) is 23.6 Å². The van der Waals surface area contributed by atoms with Crippen LogP contribution in [0.3, 0.4) is 0 Å². The van der Waals surface area contributed by atoms with E-state index in [-0.39, 0.29) is 31.8 Å². The van der Waals surface area contributed by atoms with E-state index in [1.165, 1.54) is 12.2 Å². The standard InChI is InChI=1S/C36H43N5O6/c1-25(2)22-30(41-36(46)47-24-27-14-8-4-9-15-27)35(45)40-31(23-26-12-6-3-7-13-26)34(44)39-29(18-20-32(37)42)19-21-33(43)38-28-16-10-5-11-17-28/h3-17,19,21,25,29-31H,18,20,22-24H2,1-2H3,(H2,37,42)(H,38,43)(H,39,44)(H,40,45)(H,41,46)/b21-19+/t29-,30-,31-/m0/s1. The van der Waals surface area contributed by atoms with E-state index in [2.05, 4.69) is 21.3 Å². The summed E-state index contributed by atoms with van der Waals surface area (Å²) in [5.74, 6) is -2.06. The van der Waals surface area contributed by atoms with Gasteiger partial charge in [0, 0.05) is 30.6 Å². The van der Waals surface area contributed by atoms with Crippen LogP contribution >= 0.6 is 0 Å². The van der Waals surface area contributed by atoms with Crippen molar-refractivity contribution in [1.29, 1.82) is 0 Å². The van der Waals surface area contributed by atoms with Gasteiger partial charge in [0.15, 0.2) is 0 Å². The van der Waals surface area contributed by atoms with Crippen LogP contribution in [0.15, 0.2) is 103 Å². The Labute approximate surface area is 275 Å². The molecule has 0 bridgehead atoms. The third-order valence-corrected chi connectivity index (χ3v) is 6.99. The number of ether oxygens (including phenoxy) is 1. The lowest BCUT2D eigenvalue weighted by molar-refractivity contribution is -0.130. The second kappa shape index (κ2) is 19.2. The molecule has 47 heavy (non-hydrogen) atoms. The molecule has 3 rings (SSSR count). The Morgan fingerprint density at radius 2 is 1.32 bits per heavy atom. The molecule has 3 aromatic rings. The smallest absolute Gasteiger partial charge is 0.408 e. The summed E-state index contributed by atoms with van der Waals surface area (Å²) in [6.45, 7) is 3.86. The van der Waals surface area contributed by atoms with E-state index in [4.69, 9.17) is 10.5 Å². The summed E-state index contributed by atoms with van der Waals surface area (Å²) < 4.78 is 5.33. The van der Waals surface area contributed by atoms with E-state index in [0.717, 1.165) is 11.1 Å². The Kier molecular flexibility index (Phi) is 14.7. The fourth-order valence-corrected chi connectivity index (χ4v) is 4.65. The average molecular weight is 642 g/mol. The number of nitrogens with one attached hydrogen (secondary N) is 4. The quantitative estimate of drug-likeness (QED) is 0.140. The highest BCUT2D eigenvalue weighted by molar-refractivity contribution is 5.99. The van der Waals surface area contributed by atoms with Crippen molar-refractivity contribution in [2.24, 2.45) is 11.7 Å². The molecule has 0 aliphatic rings. The number of anilines is 1. The van der Waals surface area contributed by atoms with Gasteiger partial charge in [-0.2, -0.15) is 0 Å². The summed E-state index contributed by atoms with van der Waals surface area (Å²) in [4.78, 5) is 64.1. The summed E-state index contributed by atoms with van der Waals surface area (Å²) in [7, 11) is 0. The molecule has 0 heterocycles. The molecule has 248 valence electrons. The molecule has 0 spiro atoms. The number of nitrogens with two attached hydrogens (primary N) is 1. The molecule has 5 amide bonds. The van der Waals surface area contributed by atoms with Crippen molar-refractivity contribution in [1.82, 2.24) is 16.0 Å². The van der Waals surface area contributed by atoms with Gasteiger partial charge in [0.1, 0.15) is 18.7 Å². The van der Waals surface area contributed by atoms with Gasteiger partial charge in [-0.25, -0.2) is 4.79 Å². The lowest BCUT2D eigenvalue weighted by atomic mass is 10.0. The van der Waals surface area contributed by atoms with E-state index in [9.17, 15) is 24.0 Å². The van der Waals surface area contributed by atoms with E-state index < -0.39 is 47.8 Å². The molecular weight excluding hydrogens is 598 g/mol. The zero-order valence-corrected chi connectivity index (χ0v) is 26.7. The molecule has 0 radical (unpaired) electrons. The number of benzene rings is 3. The van der Waals surface area contributed by atoms with Crippen LogP contribution in [0, 0.1) is 5.92 Å². The summed E-state index contributed by atoms with van der Waals surface area (Å²) in [6, 6.07) is 24.4. The maximum absolute atomic E-state index is 13.7. The van der Waals surface area contributed by atoms with Crippen LogP contribution in [0.4, 0.5) is 10.5 Å². The number of rotatable bonds is 17. The first-order chi connectivity index (χ1) is 22.6. The minimum Gasteiger partial charge on any atom is -0.445 e. The Bertz CT molecular complexity index is 1480. The molecule has 0 aliphatic carbocycles. The van der Waals surface area contributed by atoms with E-state index in [1.54, 1.807) is 24.3 Å². The van der Waals surface area contributed by atoms with Gasteiger partial charge in [0.05, 0.1) is 0 Å². The average Bonchev–Trinajstić information content (AvgIpc) is 3.05. The molecule has 11 nitrogen and oxygen atoms in total. The third kappa shape index (κ3) is 14.0. The van der Waals surface area contributed by atoms with Gasteiger partial charge < -0.3 is 31.7 Å². The van der Waals surface area contributed by atoms with Crippen LogP contribution in [0.5, 0.6) is 0 Å². The zero-order chi connectivity index (χ0) is 34.0. The minimum atomic E-state index is -1.05. The topological polar surface area (TPSA) is 169 Å². The maximum atomic E-state index is 13.7. The largest absolute Gasteiger partial charge is 0.445 e. The van der Waals surface area contributed by atoms with Crippen molar-refractivity contribution in [2.75, 3.05) is 5.32 Å². The number of para-hydroxylation sites is 1. The van der Waals surface area contributed by atoms with Crippen LogP contribution in [0.1, 0.15) is 44.2 Å². The predicted octanol–water partition coefficient (Wildman–Crippen LogP) is 4.00. The maximum Gasteiger partial charge on any atom is 0.408 e. The molecule has 0 saturated carbocycles. The Morgan fingerprint density at radius 1 is 0.745 bits per heavy atom. The van der Waals surface area contributed by atoms with Crippen molar-refractivity contribution >= 4 is 35.4 Å². The van der Waals surface area contributed by atoms with Gasteiger partial charge in [-0.15, -0.1) is 0 Å². The van der Waals surface area contributed by atoms with Gasteiger partial charge in [-0.05, 0) is 42.0 Å². The summed E-state index contributed by atoms with van der Waals surface area (Å²) in [5, 5.41) is 11.0. The monoisotopic (exact) mass is 641 g/mol. The lowest BCUT2D eigenvalue weighted by Crippen LogP contribution is -2.55. The summed E-state index contributed by atoms with van der Waals surface area (Å²) >= 11 is 0. The first kappa shape index (κ1) is 36.0. The summed E-state index contributed by atoms with van der Waals surface area (Å²) in [5.41, 5.74) is 7.55. The first-order valence-electron chi connectivity index (χ1n) is 15.5. The first-order valence-corrected chi connectivity index (χ1v) is 15.5. The SMILES string of the molecule is CC(C)C[C@H](NC(=O)OCc1ccccc1)C(=O)N[C@@H](Cc1ccccc1)C(=O)N[C@H](/C=C/C(=O)Nc1ccccc1)CCC(N)=O. The van der Waals surface area contributed by atoms with E-state index in [0.29, 0.717) is 12.1 Å². The molecule has 0 saturated heterocycles. The highest BCUT2D eigenvalue weighted by Crippen LogP contribution is 2.11. The fraction of sp³-hybridized carbons (Fsp3) is 0.306. The third-order valence-electron chi connectivity index (χ3n) is 6.99. The molecule has 0 aliphatic heterocycles. The second-order valence-electron chi connectivity index (χ2n) is 11.5. The highest BCUT2D eigenvalue weighted by Gasteiger charge is 2.29. The van der Waals surface area contributed by atoms with Crippen LogP contribution in [-0.4, -0.2) is 47.8 Å². The van der Waals surface area contributed by atoms with Gasteiger partial charge in [-0.3, -0.25) is 19.2 Å². The highest BCUT2D eigenvalue weighted by atomic mass is 16.5. The molecule has 3 aromatic carbocycles. The van der Waals surface area contributed by atoms with Gasteiger partial charge in [-0.1, -0.05) is 98.8 Å². The Morgan fingerprint density at radius 3 is 1.91 bits per heavy atom. The molecule has 0 unspecified atom stereocenters. The number of primary amides is 1. The van der Waals surface area contributed by atoms with Crippen LogP contribution in [0.25, 0.3) is 0 Å². The summed E-state index contributed by atoms with van der Waals surface area (Å²) in [6.07, 6.45) is 2.52.